The maximum atomic E-state index is 13.0. The predicted molar refractivity (Wildman–Crippen MR) is 125 cm³/mol. The summed E-state index contributed by atoms with van der Waals surface area (Å²) in [7, 11) is -2.19. The molecule has 184 valence electrons. The maximum absolute atomic E-state index is 13.0. The van der Waals surface area contributed by atoms with Crippen molar-refractivity contribution >= 4 is 14.3 Å². The van der Waals surface area contributed by atoms with Gasteiger partial charge in [-0.05, 0) is 58.0 Å². The molecule has 4 rings (SSSR count). The van der Waals surface area contributed by atoms with Gasteiger partial charge in [-0.3, -0.25) is 0 Å². The van der Waals surface area contributed by atoms with E-state index in [4.69, 9.17) is 28.1 Å². The average molecular weight is 479 g/mol. The van der Waals surface area contributed by atoms with E-state index in [-0.39, 0.29) is 5.04 Å². The molecule has 0 amide bonds. The van der Waals surface area contributed by atoms with Gasteiger partial charge >= 0.3 is 5.97 Å². The summed E-state index contributed by atoms with van der Waals surface area (Å²) in [5, 5.41) is -0.00141. The van der Waals surface area contributed by atoms with Crippen LogP contribution in [0.1, 0.15) is 58.8 Å². The molecular formula is C25H38O7Si. The van der Waals surface area contributed by atoms with E-state index in [9.17, 15) is 4.79 Å². The average Bonchev–Trinajstić information content (AvgIpc) is 3.19. The quantitative estimate of drug-likeness (QED) is 0.460. The lowest BCUT2D eigenvalue weighted by molar-refractivity contribution is -0.182. The highest BCUT2D eigenvalue weighted by Gasteiger charge is 2.66. The zero-order valence-corrected chi connectivity index (χ0v) is 22.2. The molecule has 0 radical (unpaired) electrons. The monoisotopic (exact) mass is 478 g/mol. The van der Waals surface area contributed by atoms with Gasteiger partial charge < -0.3 is 28.1 Å². The van der Waals surface area contributed by atoms with E-state index in [1.807, 2.05) is 45.9 Å². The zero-order valence-electron chi connectivity index (χ0n) is 21.2. The van der Waals surface area contributed by atoms with Crippen LogP contribution in [0.5, 0.6) is 0 Å². The van der Waals surface area contributed by atoms with Crippen molar-refractivity contribution < 1.29 is 32.9 Å². The van der Waals surface area contributed by atoms with Crippen LogP contribution in [-0.2, 0) is 28.1 Å². The highest BCUT2D eigenvalue weighted by atomic mass is 28.4. The van der Waals surface area contributed by atoms with Gasteiger partial charge in [0.25, 0.3) is 0 Å². The van der Waals surface area contributed by atoms with Gasteiger partial charge in [-0.15, -0.1) is 0 Å². The first-order valence-electron chi connectivity index (χ1n) is 11.8. The SMILES string of the molecule is CC1(C)O[C@@H]2[C@@H](O1)[C@H](OC(=O)c1ccccc1)[C@H]1OC(C)(C)O[C@@H]1[C@H]2O[Si](C)(C)C(C)(C)C. The summed E-state index contributed by atoms with van der Waals surface area (Å²) in [6.07, 6.45) is -3.10. The fourth-order valence-corrected chi connectivity index (χ4v) is 5.88. The molecule has 8 heteroatoms. The first kappa shape index (κ1) is 24.8. The molecule has 3 fully saturated rings. The Labute approximate surface area is 198 Å². The Balaban J connectivity index is 1.70. The van der Waals surface area contributed by atoms with Gasteiger partial charge in [0.15, 0.2) is 26.0 Å². The molecule has 0 unspecified atom stereocenters. The molecule has 1 aliphatic carbocycles. The summed E-state index contributed by atoms with van der Waals surface area (Å²) < 4.78 is 38.3. The van der Waals surface area contributed by atoms with Crippen LogP contribution in [0.3, 0.4) is 0 Å². The van der Waals surface area contributed by atoms with E-state index >= 15 is 0 Å². The highest BCUT2D eigenvalue weighted by molar-refractivity contribution is 6.74. The molecule has 0 N–H and O–H groups in total. The van der Waals surface area contributed by atoms with Crippen molar-refractivity contribution in [2.24, 2.45) is 0 Å². The lowest BCUT2D eigenvalue weighted by Gasteiger charge is -2.47. The maximum Gasteiger partial charge on any atom is 0.338 e. The van der Waals surface area contributed by atoms with Gasteiger partial charge in [-0.25, -0.2) is 4.79 Å². The number of rotatable bonds is 4. The third-order valence-electron chi connectivity index (χ3n) is 7.11. The number of fused-ring (bicyclic) bond motifs is 2. The number of benzene rings is 1. The van der Waals surface area contributed by atoms with Crippen molar-refractivity contribution in [1.29, 1.82) is 0 Å². The number of ether oxygens (including phenoxy) is 5. The number of carbonyl (C=O) groups excluding carboxylic acids is 1. The smallest absolute Gasteiger partial charge is 0.338 e. The normalized spacial score (nSPS) is 35.1. The van der Waals surface area contributed by atoms with Crippen LogP contribution in [0.15, 0.2) is 30.3 Å². The number of esters is 1. The summed E-state index contributed by atoms with van der Waals surface area (Å²) in [5.74, 6) is -2.13. The van der Waals surface area contributed by atoms with Gasteiger partial charge in [-0.2, -0.15) is 0 Å². The van der Waals surface area contributed by atoms with Gasteiger partial charge in [-0.1, -0.05) is 39.0 Å². The van der Waals surface area contributed by atoms with Crippen molar-refractivity contribution in [3.63, 3.8) is 0 Å². The molecule has 6 atom stereocenters. The molecule has 33 heavy (non-hydrogen) atoms. The summed E-state index contributed by atoms with van der Waals surface area (Å²) in [5.41, 5.74) is 0.474. The largest absolute Gasteiger partial charge is 0.453 e. The zero-order chi connectivity index (χ0) is 24.4. The Hall–Kier alpha value is -1.29. The van der Waals surface area contributed by atoms with Crippen LogP contribution < -0.4 is 0 Å². The van der Waals surface area contributed by atoms with E-state index in [0.29, 0.717) is 5.56 Å². The summed E-state index contributed by atoms with van der Waals surface area (Å²) in [6.45, 7) is 18.5. The standard InChI is InChI=1S/C25H38O7Si/c1-23(2,3)33(8,9)32-21-19-17(28-24(4,5)30-19)16(18-20(21)31-25(6,7)29-18)27-22(26)15-13-11-10-12-14-15/h10-14,16-21H,1-9H3/t16-,17-,18+,19+,20-,21-. The molecule has 1 saturated carbocycles. The molecule has 0 aromatic heterocycles. The van der Waals surface area contributed by atoms with Crippen molar-refractivity contribution in [2.45, 2.75) is 115 Å². The van der Waals surface area contributed by atoms with E-state index < -0.39 is 62.5 Å². The van der Waals surface area contributed by atoms with Crippen LogP contribution in [-0.4, -0.2) is 62.5 Å². The third-order valence-corrected chi connectivity index (χ3v) is 11.6. The van der Waals surface area contributed by atoms with Crippen LogP contribution in [0.4, 0.5) is 0 Å². The highest BCUT2D eigenvalue weighted by Crippen LogP contribution is 2.48. The Morgan fingerprint density at radius 3 is 1.67 bits per heavy atom. The predicted octanol–water partition coefficient (Wildman–Crippen LogP) is 4.66. The summed E-state index contributed by atoms with van der Waals surface area (Å²) in [4.78, 5) is 13.0. The Bertz CT molecular complexity index is 844. The van der Waals surface area contributed by atoms with Gasteiger partial charge in [0, 0.05) is 0 Å². The second kappa shape index (κ2) is 8.14. The molecule has 7 nitrogen and oxygen atoms in total. The lowest BCUT2D eigenvalue weighted by Crippen LogP contribution is -2.65. The Kier molecular flexibility index (Phi) is 6.12. The summed E-state index contributed by atoms with van der Waals surface area (Å²) >= 11 is 0. The van der Waals surface area contributed by atoms with E-state index in [1.165, 1.54) is 0 Å². The molecule has 2 aliphatic heterocycles. The lowest BCUT2D eigenvalue weighted by atomic mass is 9.85. The minimum atomic E-state index is -2.19. The van der Waals surface area contributed by atoms with Crippen molar-refractivity contribution in [1.82, 2.24) is 0 Å². The molecule has 0 bridgehead atoms. The van der Waals surface area contributed by atoms with E-state index in [1.54, 1.807) is 12.1 Å². The van der Waals surface area contributed by atoms with Crippen molar-refractivity contribution in [3.8, 4) is 0 Å². The molecule has 1 aromatic carbocycles. The minimum absolute atomic E-state index is 0.00141. The van der Waals surface area contributed by atoms with Gasteiger partial charge in [0.1, 0.15) is 30.5 Å². The number of hydrogen-bond donors (Lipinski definition) is 0. The topological polar surface area (TPSA) is 72.5 Å². The fourth-order valence-electron chi connectivity index (χ4n) is 4.58. The Morgan fingerprint density at radius 2 is 1.24 bits per heavy atom. The van der Waals surface area contributed by atoms with Crippen molar-refractivity contribution in [3.05, 3.63) is 35.9 Å². The molecule has 2 saturated heterocycles. The van der Waals surface area contributed by atoms with Crippen LogP contribution >= 0.6 is 0 Å². The second-order valence-electron chi connectivity index (χ2n) is 11.7. The van der Waals surface area contributed by atoms with Crippen LogP contribution in [0.25, 0.3) is 0 Å². The van der Waals surface area contributed by atoms with Crippen LogP contribution in [0, 0.1) is 0 Å². The fraction of sp³-hybridized carbons (Fsp3) is 0.720. The van der Waals surface area contributed by atoms with Gasteiger partial charge in [0.2, 0.25) is 0 Å². The molecule has 1 aromatic rings. The third kappa shape index (κ3) is 4.79. The number of hydrogen-bond acceptors (Lipinski definition) is 7. The summed E-state index contributed by atoms with van der Waals surface area (Å²) in [6, 6.07) is 8.94. The number of carbonyl (C=O) groups is 1. The van der Waals surface area contributed by atoms with E-state index in [0.717, 1.165) is 0 Å². The van der Waals surface area contributed by atoms with Crippen molar-refractivity contribution in [2.75, 3.05) is 0 Å². The molecule has 0 spiro atoms. The first-order valence-corrected chi connectivity index (χ1v) is 14.7. The Morgan fingerprint density at radius 1 is 0.818 bits per heavy atom. The second-order valence-corrected chi connectivity index (χ2v) is 16.5. The molecule has 3 aliphatic rings. The first-order chi connectivity index (χ1) is 15.1. The van der Waals surface area contributed by atoms with Crippen LogP contribution in [0.2, 0.25) is 18.1 Å². The van der Waals surface area contributed by atoms with Gasteiger partial charge in [0.05, 0.1) is 5.56 Å². The minimum Gasteiger partial charge on any atom is -0.453 e. The molecule has 2 heterocycles. The van der Waals surface area contributed by atoms with E-state index in [2.05, 4.69) is 33.9 Å². The molecular weight excluding hydrogens is 440 g/mol.